The van der Waals surface area contributed by atoms with Gasteiger partial charge in [0.15, 0.2) is 0 Å². The van der Waals surface area contributed by atoms with Crippen LogP contribution in [0.5, 0.6) is 0 Å². The molecule has 0 aromatic heterocycles. The molecule has 2 aromatic carbocycles. The summed E-state index contributed by atoms with van der Waals surface area (Å²) in [6.07, 6.45) is 0.667. The summed E-state index contributed by atoms with van der Waals surface area (Å²) in [5.41, 5.74) is 5.23. The summed E-state index contributed by atoms with van der Waals surface area (Å²) in [6.45, 7) is 3.65. The molecular formula is C18H21N3O4S. The van der Waals surface area contributed by atoms with Crippen molar-refractivity contribution in [2.75, 3.05) is 0 Å². The molecular weight excluding hydrogens is 354 g/mol. The third kappa shape index (κ3) is 5.14. The molecule has 0 aliphatic rings. The molecule has 8 heteroatoms. The number of benzene rings is 2. The van der Waals surface area contributed by atoms with Crippen molar-refractivity contribution in [2.45, 2.75) is 31.2 Å². The first-order valence-electron chi connectivity index (χ1n) is 8.11. The lowest BCUT2D eigenvalue weighted by molar-refractivity contribution is 0.0846. The lowest BCUT2D eigenvalue weighted by Gasteiger charge is -2.12. The Hall–Kier alpha value is -2.71. The van der Waals surface area contributed by atoms with Gasteiger partial charge in [0.25, 0.3) is 11.8 Å². The van der Waals surface area contributed by atoms with Crippen molar-refractivity contribution in [3.63, 3.8) is 0 Å². The maximum Gasteiger partial charge on any atom is 0.269 e. The highest BCUT2D eigenvalue weighted by atomic mass is 32.2. The predicted octanol–water partition coefficient (Wildman–Crippen LogP) is 1.84. The number of sulfonamides is 1. The summed E-state index contributed by atoms with van der Waals surface area (Å²) in [5.74, 6) is -0.996. The average molecular weight is 375 g/mol. The smallest absolute Gasteiger partial charge is 0.267 e. The molecule has 0 saturated heterocycles. The summed E-state index contributed by atoms with van der Waals surface area (Å²) >= 11 is 0. The van der Waals surface area contributed by atoms with Gasteiger partial charge in [0.1, 0.15) is 0 Å². The fourth-order valence-corrected chi connectivity index (χ4v) is 3.38. The van der Waals surface area contributed by atoms with E-state index < -0.39 is 21.8 Å². The van der Waals surface area contributed by atoms with E-state index in [1.807, 2.05) is 6.92 Å². The van der Waals surface area contributed by atoms with E-state index >= 15 is 0 Å². The standard InChI is InChI=1S/C18H21N3O4S/c1-3-13(2)21-26(24,25)16-11-9-15(10-12-16)18(23)20-19-17(22)14-7-5-4-6-8-14/h4-13,21H,3H2,1-2H3,(H,19,22)(H,20,23). The Kier molecular flexibility index (Phi) is 6.48. The molecule has 0 saturated carbocycles. The zero-order valence-electron chi connectivity index (χ0n) is 14.5. The van der Waals surface area contributed by atoms with Gasteiger partial charge in [0, 0.05) is 17.2 Å². The molecule has 2 rings (SSSR count). The normalized spacial score (nSPS) is 12.2. The second-order valence-corrected chi connectivity index (χ2v) is 7.44. The zero-order valence-corrected chi connectivity index (χ0v) is 15.3. The van der Waals surface area contributed by atoms with Crippen molar-refractivity contribution in [2.24, 2.45) is 0 Å². The van der Waals surface area contributed by atoms with Crippen molar-refractivity contribution in [3.8, 4) is 0 Å². The second kappa shape index (κ2) is 8.59. The predicted molar refractivity (Wildman–Crippen MR) is 97.9 cm³/mol. The van der Waals surface area contributed by atoms with Gasteiger partial charge >= 0.3 is 0 Å². The van der Waals surface area contributed by atoms with Crippen LogP contribution >= 0.6 is 0 Å². The zero-order chi connectivity index (χ0) is 19.2. The van der Waals surface area contributed by atoms with E-state index in [9.17, 15) is 18.0 Å². The molecule has 0 aliphatic carbocycles. The van der Waals surface area contributed by atoms with E-state index in [0.29, 0.717) is 12.0 Å². The topological polar surface area (TPSA) is 104 Å². The molecule has 3 N–H and O–H groups in total. The Bertz CT molecular complexity index is 865. The lowest BCUT2D eigenvalue weighted by Crippen LogP contribution is -2.41. The number of hydrazine groups is 1. The Labute approximate surface area is 152 Å². The minimum atomic E-state index is -3.63. The van der Waals surface area contributed by atoms with Gasteiger partial charge in [-0.1, -0.05) is 25.1 Å². The van der Waals surface area contributed by atoms with Crippen LogP contribution in [0.2, 0.25) is 0 Å². The SMILES string of the molecule is CCC(C)NS(=O)(=O)c1ccc(C(=O)NNC(=O)c2ccccc2)cc1. The number of rotatable bonds is 6. The van der Waals surface area contributed by atoms with Crippen molar-refractivity contribution < 1.29 is 18.0 Å². The molecule has 138 valence electrons. The first kappa shape index (κ1) is 19.6. The van der Waals surface area contributed by atoms with Gasteiger partial charge in [-0.2, -0.15) is 0 Å². The molecule has 0 aliphatic heterocycles. The third-order valence-electron chi connectivity index (χ3n) is 3.72. The summed E-state index contributed by atoms with van der Waals surface area (Å²) < 4.78 is 26.9. The quantitative estimate of drug-likeness (QED) is 0.670. The molecule has 1 atom stereocenters. The van der Waals surface area contributed by atoms with Gasteiger partial charge in [0.05, 0.1) is 4.90 Å². The molecule has 2 aromatic rings. The highest BCUT2D eigenvalue weighted by Crippen LogP contribution is 2.11. The first-order chi connectivity index (χ1) is 12.3. The van der Waals surface area contributed by atoms with Crippen LogP contribution in [0.4, 0.5) is 0 Å². The monoisotopic (exact) mass is 375 g/mol. The van der Waals surface area contributed by atoms with E-state index in [4.69, 9.17) is 0 Å². The number of amides is 2. The van der Waals surface area contributed by atoms with Crippen LogP contribution in [0.25, 0.3) is 0 Å². The Balaban J connectivity index is 1.99. The number of carbonyl (C=O) groups is 2. The molecule has 0 fully saturated rings. The van der Waals surface area contributed by atoms with Crippen LogP contribution in [0.15, 0.2) is 59.5 Å². The van der Waals surface area contributed by atoms with E-state index in [-0.39, 0.29) is 16.5 Å². The van der Waals surface area contributed by atoms with Gasteiger partial charge in [-0.3, -0.25) is 20.4 Å². The molecule has 0 radical (unpaired) electrons. The number of hydrogen-bond donors (Lipinski definition) is 3. The molecule has 1 unspecified atom stereocenters. The number of nitrogens with one attached hydrogen (secondary N) is 3. The van der Waals surface area contributed by atoms with Crippen molar-refractivity contribution >= 4 is 21.8 Å². The Morgan fingerprint density at radius 1 is 0.885 bits per heavy atom. The highest BCUT2D eigenvalue weighted by Gasteiger charge is 2.17. The fourth-order valence-electron chi connectivity index (χ4n) is 2.05. The third-order valence-corrected chi connectivity index (χ3v) is 5.33. The van der Waals surface area contributed by atoms with E-state index in [1.165, 1.54) is 24.3 Å². The van der Waals surface area contributed by atoms with E-state index in [1.54, 1.807) is 37.3 Å². The Morgan fingerprint density at radius 2 is 1.38 bits per heavy atom. The fraction of sp³-hybridized carbons (Fsp3) is 0.222. The van der Waals surface area contributed by atoms with Gasteiger partial charge in [-0.05, 0) is 49.7 Å². The summed E-state index contributed by atoms with van der Waals surface area (Å²) in [5, 5.41) is 0. The van der Waals surface area contributed by atoms with Gasteiger partial charge in [0.2, 0.25) is 10.0 Å². The van der Waals surface area contributed by atoms with Crippen molar-refractivity contribution in [1.29, 1.82) is 0 Å². The first-order valence-corrected chi connectivity index (χ1v) is 9.60. The summed E-state index contributed by atoms with van der Waals surface area (Å²) in [7, 11) is -3.63. The van der Waals surface area contributed by atoms with Crippen LogP contribution in [0.3, 0.4) is 0 Å². The van der Waals surface area contributed by atoms with Crippen molar-refractivity contribution in [1.82, 2.24) is 15.6 Å². The molecule has 2 amide bonds. The highest BCUT2D eigenvalue weighted by molar-refractivity contribution is 7.89. The molecule has 26 heavy (non-hydrogen) atoms. The van der Waals surface area contributed by atoms with E-state index in [0.717, 1.165) is 0 Å². The van der Waals surface area contributed by atoms with Gasteiger partial charge in [-0.25, -0.2) is 13.1 Å². The number of carbonyl (C=O) groups excluding carboxylic acids is 2. The largest absolute Gasteiger partial charge is 0.269 e. The summed E-state index contributed by atoms with van der Waals surface area (Å²) in [4.78, 5) is 24.0. The minimum absolute atomic E-state index is 0.0719. The van der Waals surface area contributed by atoms with E-state index in [2.05, 4.69) is 15.6 Å². The Morgan fingerprint density at radius 3 is 1.88 bits per heavy atom. The average Bonchev–Trinajstić information content (AvgIpc) is 2.66. The molecule has 0 bridgehead atoms. The molecule has 0 heterocycles. The van der Waals surface area contributed by atoms with Crippen molar-refractivity contribution in [3.05, 3.63) is 65.7 Å². The maximum atomic E-state index is 12.2. The molecule has 0 spiro atoms. The second-order valence-electron chi connectivity index (χ2n) is 5.73. The van der Waals surface area contributed by atoms with Crippen LogP contribution in [0, 0.1) is 0 Å². The maximum absolute atomic E-state index is 12.2. The van der Waals surface area contributed by atoms with Crippen LogP contribution in [-0.2, 0) is 10.0 Å². The lowest BCUT2D eigenvalue weighted by atomic mass is 10.2. The van der Waals surface area contributed by atoms with Crippen LogP contribution < -0.4 is 15.6 Å². The number of hydrogen-bond acceptors (Lipinski definition) is 4. The van der Waals surface area contributed by atoms with Gasteiger partial charge < -0.3 is 0 Å². The van der Waals surface area contributed by atoms with Crippen LogP contribution in [0.1, 0.15) is 41.0 Å². The van der Waals surface area contributed by atoms with Crippen LogP contribution in [-0.4, -0.2) is 26.3 Å². The molecule has 7 nitrogen and oxygen atoms in total. The summed E-state index contributed by atoms with van der Waals surface area (Å²) in [6, 6.07) is 13.7. The van der Waals surface area contributed by atoms with Gasteiger partial charge in [-0.15, -0.1) is 0 Å². The minimum Gasteiger partial charge on any atom is -0.267 e.